The number of anilines is 1. The molecule has 192 valence electrons. The van der Waals surface area contributed by atoms with Crippen LogP contribution in [0.2, 0.25) is 0 Å². The lowest BCUT2D eigenvalue weighted by molar-refractivity contribution is 0.0945. The fourth-order valence-corrected chi connectivity index (χ4v) is 6.27. The standard InChI is InChI=1S/C29H30FN3O3S/c30-23-12-9-21(10-13-23)20-33-25-19-22(28(34)31-15-18-32-16-5-1-2-6-17-32)11-14-27(25)37(36)26-8-4-3-7-24(26)29(33)35/h3-4,7-14,19H,1-2,5-6,15-18,20H2,(H,31,34). The second-order valence-corrected chi connectivity index (χ2v) is 10.9. The lowest BCUT2D eigenvalue weighted by Gasteiger charge is -2.24. The summed E-state index contributed by atoms with van der Waals surface area (Å²) in [5, 5.41) is 3.00. The third-order valence-electron chi connectivity index (χ3n) is 6.94. The number of rotatable bonds is 6. The van der Waals surface area contributed by atoms with Gasteiger partial charge >= 0.3 is 0 Å². The van der Waals surface area contributed by atoms with Crippen molar-refractivity contribution in [3.8, 4) is 0 Å². The Morgan fingerprint density at radius 2 is 1.65 bits per heavy atom. The molecule has 0 radical (unpaired) electrons. The quantitative estimate of drug-likeness (QED) is 0.510. The largest absolute Gasteiger partial charge is 0.351 e. The van der Waals surface area contributed by atoms with E-state index in [1.807, 2.05) is 0 Å². The molecule has 3 aromatic rings. The lowest BCUT2D eigenvalue weighted by atomic mass is 10.1. The molecule has 1 fully saturated rings. The third-order valence-corrected chi connectivity index (χ3v) is 8.44. The smallest absolute Gasteiger partial charge is 0.259 e. The lowest BCUT2D eigenvalue weighted by Crippen LogP contribution is -2.35. The van der Waals surface area contributed by atoms with Crippen LogP contribution < -0.4 is 10.2 Å². The Hall–Kier alpha value is -3.36. The summed E-state index contributed by atoms with van der Waals surface area (Å²) in [5.74, 6) is -0.915. The van der Waals surface area contributed by atoms with Crippen molar-refractivity contribution in [3.05, 3.63) is 89.2 Å². The molecule has 37 heavy (non-hydrogen) atoms. The highest BCUT2D eigenvalue weighted by atomic mass is 32.2. The number of halogens is 1. The molecule has 2 heterocycles. The topological polar surface area (TPSA) is 69.7 Å². The van der Waals surface area contributed by atoms with E-state index in [-0.39, 0.29) is 24.2 Å². The SMILES string of the molecule is O=C(NCCN1CCCCCC1)c1ccc2c(c1)N(Cc1ccc(F)cc1)C(=O)c1ccccc1S2=O. The van der Waals surface area contributed by atoms with Crippen molar-refractivity contribution in [2.24, 2.45) is 0 Å². The maximum Gasteiger partial charge on any atom is 0.259 e. The number of fused-ring (bicyclic) bond motifs is 2. The first-order valence-corrected chi connectivity index (χ1v) is 13.9. The van der Waals surface area contributed by atoms with E-state index in [0.717, 1.165) is 25.2 Å². The summed E-state index contributed by atoms with van der Waals surface area (Å²) in [4.78, 5) is 31.5. The maximum absolute atomic E-state index is 13.7. The first-order valence-electron chi connectivity index (χ1n) is 12.7. The maximum atomic E-state index is 13.7. The number of nitrogens with one attached hydrogen (secondary N) is 1. The van der Waals surface area contributed by atoms with Gasteiger partial charge in [0.05, 0.1) is 38.4 Å². The number of benzene rings is 3. The second kappa shape index (κ2) is 11.4. The number of likely N-dealkylation sites (tertiary alicyclic amines) is 1. The zero-order valence-corrected chi connectivity index (χ0v) is 21.4. The van der Waals surface area contributed by atoms with E-state index >= 15 is 0 Å². The Morgan fingerprint density at radius 1 is 0.919 bits per heavy atom. The van der Waals surface area contributed by atoms with Gasteiger partial charge in [0.2, 0.25) is 0 Å². The highest BCUT2D eigenvalue weighted by Crippen LogP contribution is 2.36. The first-order chi connectivity index (χ1) is 18.0. The van der Waals surface area contributed by atoms with Gasteiger partial charge in [0, 0.05) is 18.7 Å². The van der Waals surface area contributed by atoms with Gasteiger partial charge in [0.1, 0.15) is 5.82 Å². The van der Waals surface area contributed by atoms with Gasteiger partial charge in [-0.25, -0.2) is 8.60 Å². The van der Waals surface area contributed by atoms with E-state index in [0.29, 0.717) is 33.2 Å². The Bertz CT molecular complexity index is 1320. The van der Waals surface area contributed by atoms with E-state index < -0.39 is 10.8 Å². The van der Waals surface area contributed by atoms with Crippen LogP contribution in [0.15, 0.2) is 76.5 Å². The number of carbonyl (C=O) groups is 2. The Labute approximate surface area is 218 Å². The van der Waals surface area contributed by atoms with Crippen molar-refractivity contribution in [3.63, 3.8) is 0 Å². The second-order valence-electron chi connectivity index (χ2n) is 9.48. The van der Waals surface area contributed by atoms with Gasteiger partial charge < -0.3 is 15.1 Å². The monoisotopic (exact) mass is 519 g/mol. The summed E-state index contributed by atoms with van der Waals surface area (Å²) in [7, 11) is -1.60. The van der Waals surface area contributed by atoms with Gasteiger partial charge in [-0.3, -0.25) is 9.59 Å². The normalized spacial score (nSPS) is 17.9. The minimum Gasteiger partial charge on any atom is -0.351 e. The molecule has 0 aliphatic carbocycles. The molecule has 1 N–H and O–H groups in total. The van der Waals surface area contributed by atoms with Gasteiger partial charge in [-0.1, -0.05) is 37.1 Å². The molecule has 2 aliphatic heterocycles. The van der Waals surface area contributed by atoms with Gasteiger partial charge in [-0.15, -0.1) is 0 Å². The Kier molecular flexibility index (Phi) is 7.76. The summed E-state index contributed by atoms with van der Waals surface area (Å²) in [6, 6.07) is 17.8. The number of carbonyl (C=O) groups excluding carboxylic acids is 2. The van der Waals surface area contributed by atoms with Crippen LogP contribution in [0.3, 0.4) is 0 Å². The van der Waals surface area contributed by atoms with Crippen LogP contribution in [0, 0.1) is 5.82 Å². The molecular formula is C29H30FN3O3S. The van der Waals surface area contributed by atoms with E-state index in [9.17, 15) is 18.2 Å². The third kappa shape index (κ3) is 5.65. The van der Waals surface area contributed by atoms with Crippen molar-refractivity contribution in [1.29, 1.82) is 0 Å². The fraction of sp³-hybridized carbons (Fsp3) is 0.310. The minimum absolute atomic E-state index is 0.150. The molecule has 1 saturated heterocycles. The minimum atomic E-state index is -1.60. The molecule has 0 saturated carbocycles. The first kappa shape index (κ1) is 25.3. The highest BCUT2D eigenvalue weighted by molar-refractivity contribution is 7.85. The van der Waals surface area contributed by atoms with Crippen molar-refractivity contribution in [1.82, 2.24) is 10.2 Å². The number of hydrogen-bond donors (Lipinski definition) is 1. The van der Waals surface area contributed by atoms with Crippen LogP contribution in [-0.4, -0.2) is 47.1 Å². The summed E-state index contributed by atoms with van der Waals surface area (Å²) in [5.41, 5.74) is 1.89. The average Bonchev–Trinajstić information content (AvgIpc) is 3.24. The van der Waals surface area contributed by atoms with Crippen molar-refractivity contribution < 1.29 is 18.2 Å². The van der Waals surface area contributed by atoms with Crippen molar-refractivity contribution in [2.75, 3.05) is 31.1 Å². The number of amides is 2. The molecule has 1 unspecified atom stereocenters. The molecule has 0 aromatic heterocycles. The van der Waals surface area contributed by atoms with E-state index in [1.54, 1.807) is 54.6 Å². The van der Waals surface area contributed by atoms with Crippen LogP contribution >= 0.6 is 0 Å². The van der Waals surface area contributed by atoms with Gasteiger partial charge in [0.25, 0.3) is 11.8 Å². The van der Waals surface area contributed by atoms with E-state index in [4.69, 9.17) is 0 Å². The van der Waals surface area contributed by atoms with Crippen LogP contribution in [0.1, 0.15) is 52.0 Å². The summed E-state index contributed by atoms with van der Waals surface area (Å²) < 4.78 is 27.1. The van der Waals surface area contributed by atoms with E-state index in [2.05, 4.69) is 10.2 Å². The summed E-state index contributed by atoms with van der Waals surface area (Å²) >= 11 is 0. The molecular weight excluding hydrogens is 489 g/mol. The van der Waals surface area contributed by atoms with Crippen LogP contribution in [0.4, 0.5) is 10.1 Å². The Balaban J connectivity index is 1.43. The molecule has 6 nitrogen and oxygen atoms in total. The summed E-state index contributed by atoms with van der Waals surface area (Å²) in [6.07, 6.45) is 4.90. The summed E-state index contributed by atoms with van der Waals surface area (Å²) in [6.45, 7) is 3.59. The molecule has 8 heteroatoms. The molecule has 2 amide bonds. The van der Waals surface area contributed by atoms with Crippen LogP contribution in [0.25, 0.3) is 0 Å². The predicted octanol–water partition coefficient (Wildman–Crippen LogP) is 4.76. The average molecular weight is 520 g/mol. The molecule has 0 spiro atoms. The molecule has 3 aromatic carbocycles. The number of hydrogen-bond acceptors (Lipinski definition) is 4. The molecule has 0 bridgehead atoms. The molecule has 1 atom stereocenters. The Morgan fingerprint density at radius 3 is 2.41 bits per heavy atom. The van der Waals surface area contributed by atoms with Gasteiger partial charge in [0.15, 0.2) is 0 Å². The zero-order chi connectivity index (χ0) is 25.8. The zero-order valence-electron chi connectivity index (χ0n) is 20.6. The molecule has 2 aliphatic rings. The van der Waals surface area contributed by atoms with Crippen molar-refractivity contribution in [2.45, 2.75) is 42.0 Å². The number of nitrogens with zero attached hydrogens (tertiary/aromatic N) is 2. The van der Waals surface area contributed by atoms with Crippen LogP contribution in [0.5, 0.6) is 0 Å². The predicted molar refractivity (Wildman–Crippen MR) is 142 cm³/mol. The fourth-order valence-electron chi connectivity index (χ4n) is 4.92. The van der Waals surface area contributed by atoms with Crippen molar-refractivity contribution >= 4 is 28.3 Å². The van der Waals surface area contributed by atoms with Gasteiger partial charge in [-0.05, 0) is 74.0 Å². The highest BCUT2D eigenvalue weighted by Gasteiger charge is 2.31. The van der Waals surface area contributed by atoms with Gasteiger partial charge in [-0.2, -0.15) is 0 Å². The molecule has 5 rings (SSSR count). The van der Waals surface area contributed by atoms with Crippen LogP contribution in [-0.2, 0) is 17.3 Å². The van der Waals surface area contributed by atoms with E-state index in [1.165, 1.54) is 42.7 Å².